The van der Waals surface area contributed by atoms with Crippen LogP contribution in [0.4, 0.5) is 4.39 Å². The number of aryl methyl sites for hydroxylation is 2. The van der Waals surface area contributed by atoms with Crippen molar-refractivity contribution in [1.29, 1.82) is 0 Å². The zero-order valence-electron chi connectivity index (χ0n) is 16.9. The smallest absolute Gasteiger partial charge is 0.341 e. The lowest BCUT2D eigenvalue weighted by Crippen LogP contribution is -2.27. The minimum atomic E-state index is -0.487. The van der Waals surface area contributed by atoms with Crippen molar-refractivity contribution in [3.8, 4) is 5.69 Å². The number of rotatable bonds is 5. The number of carbonyl (C=O) groups excluding carboxylic acids is 2. The molecule has 2 aromatic heterocycles. The number of nitrogens with zero attached hydrogens (tertiary/aromatic N) is 3. The fourth-order valence-corrected chi connectivity index (χ4v) is 3.22. The predicted octanol–water partition coefficient (Wildman–Crippen LogP) is 3.59. The largest absolute Gasteiger partial charge is 0.465 e. The maximum absolute atomic E-state index is 13.2. The first-order valence-corrected chi connectivity index (χ1v) is 8.98. The van der Waals surface area contributed by atoms with Crippen LogP contribution < -0.4 is 0 Å². The molecule has 3 aromatic rings. The summed E-state index contributed by atoms with van der Waals surface area (Å²) >= 11 is 0. The SMILES string of the molecule is COC(=O)c1cc(CN(C)C(=O)c2c(C)nn(-c3ccc(F)cc3)c2C)oc1C. The van der Waals surface area contributed by atoms with Crippen LogP contribution in [0.25, 0.3) is 5.69 Å². The van der Waals surface area contributed by atoms with E-state index < -0.39 is 5.97 Å². The Bertz CT molecular complexity index is 1070. The second-order valence-electron chi connectivity index (χ2n) is 6.77. The zero-order valence-corrected chi connectivity index (χ0v) is 16.9. The van der Waals surface area contributed by atoms with Gasteiger partial charge < -0.3 is 14.1 Å². The van der Waals surface area contributed by atoms with Gasteiger partial charge in [-0.05, 0) is 51.1 Å². The fraction of sp³-hybridized carbons (Fsp3) is 0.286. The molecule has 3 rings (SSSR count). The highest BCUT2D eigenvalue weighted by Crippen LogP contribution is 2.22. The highest BCUT2D eigenvalue weighted by Gasteiger charge is 2.24. The molecule has 0 N–H and O–H groups in total. The van der Waals surface area contributed by atoms with Gasteiger partial charge in [-0.3, -0.25) is 4.79 Å². The lowest BCUT2D eigenvalue weighted by atomic mass is 10.1. The van der Waals surface area contributed by atoms with Crippen molar-refractivity contribution in [2.24, 2.45) is 0 Å². The summed E-state index contributed by atoms with van der Waals surface area (Å²) in [6.45, 7) is 5.38. The molecule has 1 amide bonds. The first-order valence-electron chi connectivity index (χ1n) is 8.98. The van der Waals surface area contributed by atoms with E-state index in [4.69, 9.17) is 9.15 Å². The number of methoxy groups -OCH3 is 1. The standard InChI is InChI=1S/C21H22FN3O4/c1-12-19(13(2)25(23-12)16-8-6-15(22)7-9-16)20(26)24(4)11-17-10-18(14(3)29-17)21(27)28-5/h6-10H,11H2,1-5H3. The average molecular weight is 399 g/mol. The summed E-state index contributed by atoms with van der Waals surface area (Å²) in [5.41, 5.74) is 2.68. The first-order chi connectivity index (χ1) is 13.7. The minimum Gasteiger partial charge on any atom is -0.465 e. The van der Waals surface area contributed by atoms with Crippen LogP contribution in [0.15, 0.2) is 34.7 Å². The number of aromatic nitrogens is 2. The summed E-state index contributed by atoms with van der Waals surface area (Å²) in [4.78, 5) is 26.3. The fourth-order valence-electron chi connectivity index (χ4n) is 3.22. The molecule has 152 valence electrons. The van der Waals surface area contributed by atoms with Crippen LogP contribution >= 0.6 is 0 Å². The topological polar surface area (TPSA) is 77.6 Å². The Labute approximate surface area is 167 Å². The maximum atomic E-state index is 13.2. The van der Waals surface area contributed by atoms with Gasteiger partial charge in [0.05, 0.1) is 36.3 Å². The quantitative estimate of drug-likeness (QED) is 0.613. The molecule has 0 aliphatic rings. The van der Waals surface area contributed by atoms with Gasteiger partial charge in [0.1, 0.15) is 22.9 Å². The van der Waals surface area contributed by atoms with E-state index in [9.17, 15) is 14.0 Å². The van der Waals surface area contributed by atoms with Crippen molar-refractivity contribution >= 4 is 11.9 Å². The van der Waals surface area contributed by atoms with Gasteiger partial charge in [0.25, 0.3) is 5.91 Å². The van der Waals surface area contributed by atoms with Crippen molar-refractivity contribution in [2.75, 3.05) is 14.2 Å². The monoisotopic (exact) mass is 399 g/mol. The second-order valence-corrected chi connectivity index (χ2v) is 6.77. The molecule has 0 bridgehead atoms. The summed E-state index contributed by atoms with van der Waals surface area (Å²) < 4.78 is 25.1. The summed E-state index contributed by atoms with van der Waals surface area (Å²) in [6, 6.07) is 7.47. The minimum absolute atomic E-state index is 0.178. The number of amides is 1. The number of hydrogen-bond acceptors (Lipinski definition) is 5. The van der Waals surface area contributed by atoms with Gasteiger partial charge in [-0.2, -0.15) is 5.10 Å². The summed E-state index contributed by atoms with van der Waals surface area (Å²) in [7, 11) is 2.94. The second kappa shape index (κ2) is 7.90. The molecule has 8 heteroatoms. The molecule has 0 aliphatic heterocycles. The Morgan fingerprint density at radius 2 is 1.86 bits per heavy atom. The highest BCUT2D eigenvalue weighted by atomic mass is 19.1. The Morgan fingerprint density at radius 1 is 1.21 bits per heavy atom. The van der Waals surface area contributed by atoms with E-state index >= 15 is 0 Å². The van der Waals surface area contributed by atoms with Gasteiger partial charge in [0.15, 0.2) is 0 Å². The van der Waals surface area contributed by atoms with Crippen LogP contribution in [0.3, 0.4) is 0 Å². The molecule has 0 atom stereocenters. The van der Waals surface area contributed by atoms with Gasteiger partial charge in [0.2, 0.25) is 0 Å². The van der Waals surface area contributed by atoms with Crippen molar-refractivity contribution < 1.29 is 23.1 Å². The van der Waals surface area contributed by atoms with Crippen LogP contribution in [0, 0.1) is 26.6 Å². The van der Waals surface area contributed by atoms with E-state index in [0.717, 1.165) is 0 Å². The van der Waals surface area contributed by atoms with E-state index in [-0.39, 0.29) is 18.3 Å². The third kappa shape index (κ3) is 3.91. The van der Waals surface area contributed by atoms with E-state index in [0.29, 0.717) is 39.7 Å². The third-order valence-electron chi connectivity index (χ3n) is 4.69. The summed E-state index contributed by atoms with van der Waals surface area (Å²) in [5, 5.41) is 4.44. The molecule has 1 aromatic carbocycles. The Kier molecular flexibility index (Phi) is 5.54. The van der Waals surface area contributed by atoms with Gasteiger partial charge >= 0.3 is 5.97 Å². The number of hydrogen-bond donors (Lipinski definition) is 0. The predicted molar refractivity (Wildman–Crippen MR) is 104 cm³/mol. The number of carbonyl (C=O) groups is 2. The van der Waals surface area contributed by atoms with Crippen LogP contribution in [-0.2, 0) is 11.3 Å². The van der Waals surface area contributed by atoms with E-state index in [1.165, 1.54) is 24.1 Å². The molecule has 7 nitrogen and oxygen atoms in total. The number of furan rings is 1. The molecule has 0 saturated carbocycles. The first kappa shape index (κ1) is 20.3. The van der Waals surface area contributed by atoms with E-state index in [2.05, 4.69) is 5.10 Å². The van der Waals surface area contributed by atoms with Crippen molar-refractivity contribution in [3.05, 3.63) is 70.2 Å². The molecule has 0 unspecified atom stereocenters. The molecule has 0 saturated heterocycles. The number of ether oxygens (including phenoxy) is 1. The number of benzene rings is 1. The molecule has 29 heavy (non-hydrogen) atoms. The lowest BCUT2D eigenvalue weighted by molar-refractivity contribution is 0.0598. The third-order valence-corrected chi connectivity index (χ3v) is 4.69. The van der Waals surface area contributed by atoms with Gasteiger partial charge in [-0.1, -0.05) is 0 Å². The van der Waals surface area contributed by atoms with Gasteiger partial charge in [-0.15, -0.1) is 0 Å². The lowest BCUT2D eigenvalue weighted by Gasteiger charge is -2.16. The zero-order chi connectivity index (χ0) is 21.3. The van der Waals surface area contributed by atoms with Crippen LogP contribution in [-0.4, -0.2) is 40.7 Å². The number of esters is 1. The molecular formula is C21H22FN3O4. The summed E-state index contributed by atoms with van der Waals surface area (Å²) in [5.74, 6) is -0.156. The Hall–Kier alpha value is -3.42. The van der Waals surface area contributed by atoms with Crippen LogP contribution in [0.2, 0.25) is 0 Å². The Morgan fingerprint density at radius 3 is 2.48 bits per heavy atom. The molecule has 2 heterocycles. The van der Waals surface area contributed by atoms with E-state index in [1.807, 2.05) is 0 Å². The van der Waals surface area contributed by atoms with Crippen molar-refractivity contribution in [1.82, 2.24) is 14.7 Å². The normalized spacial score (nSPS) is 10.8. The van der Waals surface area contributed by atoms with Gasteiger partial charge in [0, 0.05) is 7.05 Å². The van der Waals surface area contributed by atoms with Crippen LogP contribution in [0.5, 0.6) is 0 Å². The Balaban J connectivity index is 1.85. The van der Waals surface area contributed by atoms with Crippen LogP contribution in [0.1, 0.15) is 43.6 Å². The number of halogens is 1. The van der Waals surface area contributed by atoms with Crippen molar-refractivity contribution in [3.63, 3.8) is 0 Å². The molecule has 0 aliphatic carbocycles. The molecular weight excluding hydrogens is 377 g/mol. The van der Waals surface area contributed by atoms with E-state index in [1.54, 1.807) is 50.7 Å². The molecule has 0 spiro atoms. The average Bonchev–Trinajstić information content (AvgIpc) is 3.20. The summed E-state index contributed by atoms with van der Waals surface area (Å²) in [6.07, 6.45) is 0. The highest BCUT2D eigenvalue weighted by molar-refractivity contribution is 5.96. The maximum Gasteiger partial charge on any atom is 0.341 e. The van der Waals surface area contributed by atoms with Gasteiger partial charge in [-0.25, -0.2) is 13.9 Å². The molecule has 0 fully saturated rings. The van der Waals surface area contributed by atoms with Crippen molar-refractivity contribution in [2.45, 2.75) is 27.3 Å². The molecule has 0 radical (unpaired) electrons.